The third-order valence-corrected chi connectivity index (χ3v) is 7.00. The third kappa shape index (κ3) is 5.14. The minimum Gasteiger partial charge on any atom is -0.468 e. The SMILES string of the molecule is Cc1ccc(C)c2[nH]c(=O)c([C@@H](c3nnnn3C(C)(C)C)N(Cc3ccc(Cl)cc3)Cc3ccco3)cc12. The highest BCUT2D eigenvalue weighted by molar-refractivity contribution is 6.30. The van der Waals surface area contributed by atoms with E-state index >= 15 is 0 Å². The van der Waals surface area contributed by atoms with Crippen LogP contribution in [0.2, 0.25) is 5.02 Å². The van der Waals surface area contributed by atoms with E-state index in [1.165, 1.54) is 0 Å². The second-order valence-electron chi connectivity index (χ2n) is 10.7. The van der Waals surface area contributed by atoms with Crippen LogP contribution in [-0.2, 0) is 18.6 Å². The van der Waals surface area contributed by atoms with E-state index in [9.17, 15) is 4.79 Å². The summed E-state index contributed by atoms with van der Waals surface area (Å²) < 4.78 is 7.54. The maximum Gasteiger partial charge on any atom is 0.253 e. The van der Waals surface area contributed by atoms with Crippen molar-refractivity contribution in [1.29, 1.82) is 0 Å². The molecule has 0 aliphatic carbocycles. The highest BCUT2D eigenvalue weighted by atomic mass is 35.5. The van der Waals surface area contributed by atoms with Gasteiger partial charge in [0.05, 0.1) is 23.9 Å². The van der Waals surface area contributed by atoms with Crippen LogP contribution in [0.25, 0.3) is 10.9 Å². The number of halogens is 1. The van der Waals surface area contributed by atoms with Gasteiger partial charge >= 0.3 is 0 Å². The van der Waals surface area contributed by atoms with Crippen molar-refractivity contribution in [1.82, 2.24) is 30.1 Å². The summed E-state index contributed by atoms with van der Waals surface area (Å²) >= 11 is 6.17. The zero-order valence-corrected chi connectivity index (χ0v) is 23.0. The molecule has 1 atom stereocenters. The number of nitrogens with zero attached hydrogens (tertiary/aromatic N) is 5. The van der Waals surface area contributed by atoms with E-state index < -0.39 is 11.6 Å². The fourth-order valence-corrected chi connectivity index (χ4v) is 4.93. The van der Waals surface area contributed by atoms with Crippen LogP contribution in [0.3, 0.4) is 0 Å². The van der Waals surface area contributed by atoms with Gasteiger partial charge in [0.25, 0.3) is 5.56 Å². The number of hydrogen-bond acceptors (Lipinski definition) is 6. The number of pyridine rings is 1. The molecule has 196 valence electrons. The van der Waals surface area contributed by atoms with E-state index in [4.69, 9.17) is 16.0 Å². The molecule has 0 radical (unpaired) electrons. The first kappa shape index (κ1) is 25.9. The van der Waals surface area contributed by atoms with Crippen LogP contribution in [0, 0.1) is 13.8 Å². The Balaban J connectivity index is 1.75. The fourth-order valence-electron chi connectivity index (χ4n) is 4.80. The van der Waals surface area contributed by atoms with Gasteiger partial charge in [-0.3, -0.25) is 9.69 Å². The van der Waals surface area contributed by atoms with Gasteiger partial charge in [0.2, 0.25) is 0 Å². The fraction of sp³-hybridized carbons (Fsp3) is 0.310. The van der Waals surface area contributed by atoms with Crippen molar-refractivity contribution in [3.05, 3.63) is 110 Å². The van der Waals surface area contributed by atoms with Gasteiger partial charge in [-0.1, -0.05) is 35.9 Å². The second-order valence-corrected chi connectivity index (χ2v) is 11.1. The van der Waals surface area contributed by atoms with Gasteiger partial charge < -0.3 is 9.40 Å². The summed E-state index contributed by atoms with van der Waals surface area (Å²) in [5.74, 6) is 1.34. The molecular formula is C29H31ClN6O2. The van der Waals surface area contributed by atoms with Gasteiger partial charge in [-0.25, -0.2) is 4.68 Å². The lowest BCUT2D eigenvalue weighted by molar-refractivity contribution is 0.171. The molecule has 0 aliphatic rings. The zero-order chi connectivity index (χ0) is 27.0. The van der Waals surface area contributed by atoms with Crippen molar-refractivity contribution in [2.24, 2.45) is 0 Å². The summed E-state index contributed by atoms with van der Waals surface area (Å²) in [6, 6.07) is 17.0. The number of aromatic nitrogens is 5. The van der Waals surface area contributed by atoms with Gasteiger partial charge in [0, 0.05) is 22.5 Å². The average Bonchev–Trinajstić information content (AvgIpc) is 3.56. The molecule has 0 fully saturated rings. The van der Waals surface area contributed by atoms with Crippen molar-refractivity contribution in [2.45, 2.75) is 59.3 Å². The molecule has 0 saturated heterocycles. The van der Waals surface area contributed by atoms with Crippen LogP contribution >= 0.6 is 11.6 Å². The highest BCUT2D eigenvalue weighted by Gasteiger charge is 2.34. The number of H-pyrrole nitrogens is 1. The molecule has 2 aromatic carbocycles. The molecule has 0 amide bonds. The van der Waals surface area contributed by atoms with Crippen LogP contribution in [0.15, 0.2) is 70.1 Å². The Morgan fingerprint density at radius 2 is 1.79 bits per heavy atom. The number of aromatic amines is 1. The molecule has 3 heterocycles. The maximum atomic E-state index is 13.8. The predicted molar refractivity (Wildman–Crippen MR) is 148 cm³/mol. The molecule has 3 aromatic heterocycles. The lowest BCUT2D eigenvalue weighted by atomic mass is 9.98. The van der Waals surface area contributed by atoms with Crippen LogP contribution in [0.1, 0.15) is 60.7 Å². The monoisotopic (exact) mass is 530 g/mol. The smallest absolute Gasteiger partial charge is 0.253 e. The van der Waals surface area contributed by atoms with Crippen molar-refractivity contribution in [3.8, 4) is 0 Å². The topological polar surface area (TPSA) is 92.8 Å². The number of aryl methyl sites for hydroxylation is 2. The molecule has 38 heavy (non-hydrogen) atoms. The van der Waals surface area contributed by atoms with E-state index in [0.29, 0.717) is 29.5 Å². The molecule has 1 N–H and O–H groups in total. The van der Waals surface area contributed by atoms with Crippen LogP contribution in [-0.4, -0.2) is 30.1 Å². The minimum absolute atomic E-state index is 0.180. The Morgan fingerprint density at radius 1 is 1.05 bits per heavy atom. The highest BCUT2D eigenvalue weighted by Crippen LogP contribution is 2.33. The lowest BCUT2D eigenvalue weighted by Gasteiger charge is -2.32. The first-order chi connectivity index (χ1) is 18.1. The Morgan fingerprint density at radius 3 is 2.47 bits per heavy atom. The first-order valence-electron chi connectivity index (χ1n) is 12.5. The standard InChI is InChI=1S/C29H31ClN6O2/c1-18-8-9-19(2)25-23(18)15-24(28(37)31-25)26(27-32-33-34-36(27)29(3,4)5)35(17-22-7-6-14-38-22)16-20-10-12-21(30)13-11-20/h6-15,26H,16-17H2,1-5H3,(H,31,37)/t26-/m0/s1. The van der Waals surface area contributed by atoms with Crippen molar-refractivity contribution in [3.63, 3.8) is 0 Å². The number of hydrogen-bond donors (Lipinski definition) is 1. The number of benzene rings is 2. The second kappa shape index (κ2) is 10.2. The maximum absolute atomic E-state index is 13.8. The first-order valence-corrected chi connectivity index (χ1v) is 12.9. The molecule has 0 unspecified atom stereocenters. The van der Waals surface area contributed by atoms with Gasteiger partial charge in [-0.2, -0.15) is 0 Å². The molecule has 8 nitrogen and oxygen atoms in total. The molecular weight excluding hydrogens is 500 g/mol. The number of tetrazole rings is 1. The Hall–Kier alpha value is -3.75. The number of furan rings is 1. The van der Waals surface area contributed by atoms with E-state index in [-0.39, 0.29) is 5.56 Å². The Labute approximate surface area is 226 Å². The number of fused-ring (bicyclic) bond motifs is 1. The largest absolute Gasteiger partial charge is 0.468 e. The molecule has 0 bridgehead atoms. The quantitative estimate of drug-likeness (QED) is 0.280. The molecule has 9 heteroatoms. The predicted octanol–water partition coefficient (Wildman–Crippen LogP) is 5.92. The van der Waals surface area contributed by atoms with Crippen molar-refractivity contribution < 1.29 is 4.42 Å². The molecule has 0 saturated carbocycles. The van der Waals surface area contributed by atoms with E-state index in [1.807, 2.05) is 83.1 Å². The number of rotatable bonds is 7. The van der Waals surface area contributed by atoms with Gasteiger partial charge in [0.15, 0.2) is 5.82 Å². The summed E-state index contributed by atoms with van der Waals surface area (Å²) in [7, 11) is 0. The van der Waals surface area contributed by atoms with Crippen LogP contribution in [0.5, 0.6) is 0 Å². The summed E-state index contributed by atoms with van der Waals surface area (Å²) in [5.41, 5.74) is 3.93. The third-order valence-electron chi connectivity index (χ3n) is 6.74. The summed E-state index contributed by atoms with van der Waals surface area (Å²) in [6.45, 7) is 11.1. The summed E-state index contributed by atoms with van der Waals surface area (Å²) in [6.07, 6.45) is 1.65. The van der Waals surface area contributed by atoms with Gasteiger partial charge in [-0.05, 0) is 92.1 Å². The van der Waals surface area contributed by atoms with E-state index in [0.717, 1.165) is 33.4 Å². The van der Waals surface area contributed by atoms with Gasteiger partial charge in [0.1, 0.15) is 11.8 Å². The molecule has 0 aliphatic heterocycles. The van der Waals surface area contributed by atoms with E-state index in [1.54, 1.807) is 10.9 Å². The lowest BCUT2D eigenvalue weighted by Crippen LogP contribution is -2.37. The average molecular weight is 531 g/mol. The number of nitrogens with one attached hydrogen (secondary N) is 1. The minimum atomic E-state index is -0.571. The van der Waals surface area contributed by atoms with Crippen LogP contribution in [0.4, 0.5) is 0 Å². The van der Waals surface area contributed by atoms with E-state index in [2.05, 4.69) is 31.5 Å². The Bertz CT molecular complexity index is 1610. The molecule has 5 rings (SSSR count). The summed E-state index contributed by atoms with van der Waals surface area (Å²) in [5, 5.41) is 14.5. The van der Waals surface area contributed by atoms with Crippen molar-refractivity contribution >= 4 is 22.5 Å². The summed E-state index contributed by atoms with van der Waals surface area (Å²) in [4.78, 5) is 19.1. The zero-order valence-electron chi connectivity index (χ0n) is 22.2. The Kier molecular flexibility index (Phi) is 6.94. The van der Waals surface area contributed by atoms with Crippen molar-refractivity contribution in [2.75, 3.05) is 0 Å². The van der Waals surface area contributed by atoms with Crippen LogP contribution < -0.4 is 5.56 Å². The van der Waals surface area contributed by atoms with Gasteiger partial charge in [-0.15, -0.1) is 5.10 Å². The molecule has 5 aromatic rings. The normalized spacial score (nSPS) is 12.9. The molecule has 0 spiro atoms.